The zero-order chi connectivity index (χ0) is 18.3. The average Bonchev–Trinajstić information content (AvgIpc) is 2.70. The van der Waals surface area contributed by atoms with E-state index in [0.29, 0.717) is 17.8 Å². The summed E-state index contributed by atoms with van der Waals surface area (Å²) in [4.78, 5) is 33.4. The topological polar surface area (TPSA) is 69.2 Å². The van der Waals surface area contributed by atoms with Crippen molar-refractivity contribution in [3.63, 3.8) is 0 Å². The Balaban J connectivity index is 1.94. The van der Waals surface area contributed by atoms with Crippen molar-refractivity contribution in [1.29, 1.82) is 0 Å². The molecule has 26 heavy (non-hydrogen) atoms. The second-order valence-electron chi connectivity index (χ2n) is 7.34. The van der Waals surface area contributed by atoms with E-state index in [1.54, 1.807) is 12.4 Å². The van der Waals surface area contributed by atoms with Crippen molar-refractivity contribution in [3.8, 4) is 0 Å². The van der Waals surface area contributed by atoms with Crippen molar-refractivity contribution in [2.24, 2.45) is 11.8 Å². The van der Waals surface area contributed by atoms with Crippen molar-refractivity contribution in [1.82, 2.24) is 9.97 Å². The van der Waals surface area contributed by atoms with E-state index in [0.717, 1.165) is 36.1 Å². The molecule has 1 heterocycles. The van der Waals surface area contributed by atoms with Gasteiger partial charge in [-0.05, 0) is 48.4 Å². The molecule has 0 unspecified atom stereocenters. The number of rotatable bonds is 2. The molecule has 1 aromatic heterocycles. The number of carbonyl (C=O) groups excluding carboxylic acids is 2. The van der Waals surface area contributed by atoms with Gasteiger partial charge in [-0.2, -0.15) is 0 Å². The molecular weight excluding hydrogens is 328 g/mol. The SMILES string of the molecule is COC(=O)c1cccc([C@]23CCC(=O)[C@@H](C)[C@@H]2CCc2cncnc23)c1. The van der Waals surface area contributed by atoms with Crippen LogP contribution in [0, 0.1) is 11.8 Å². The molecule has 5 nitrogen and oxygen atoms in total. The third-order valence-electron chi connectivity index (χ3n) is 6.24. The fourth-order valence-corrected chi connectivity index (χ4v) is 4.97. The highest BCUT2D eigenvalue weighted by atomic mass is 16.5. The number of benzene rings is 1. The van der Waals surface area contributed by atoms with Gasteiger partial charge in [0.1, 0.15) is 12.1 Å². The summed E-state index contributed by atoms with van der Waals surface area (Å²) < 4.78 is 4.90. The van der Waals surface area contributed by atoms with E-state index >= 15 is 0 Å². The molecule has 1 saturated carbocycles. The summed E-state index contributed by atoms with van der Waals surface area (Å²) in [6, 6.07) is 7.63. The number of aromatic nitrogens is 2. The lowest BCUT2D eigenvalue weighted by molar-refractivity contribution is -0.128. The predicted molar refractivity (Wildman–Crippen MR) is 95.8 cm³/mol. The molecule has 2 aliphatic carbocycles. The summed E-state index contributed by atoms with van der Waals surface area (Å²) >= 11 is 0. The smallest absolute Gasteiger partial charge is 0.337 e. The standard InChI is InChI=1S/C21H22N2O3/c1-13-17-7-6-15-11-22-12-23-19(15)21(17,9-8-18(13)24)16-5-3-4-14(10-16)20(25)26-2/h3-5,10-13,17H,6-9H2,1-2H3/t13-,17-,21+/m0/s1. The first-order valence-corrected chi connectivity index (χ1v) is 9.09. The number of ether oxygens (including phenoxy) is 1. The van der Waals surface area contributed by atoms with Gasteiger partial charge in [0.05, 0.1) is 18.4 Å². The minimum absolute atomic E-state index is 0.0198. The van der Waals surface area contributed by atoms with Gasteiger partial charge >= 0.3 is 5.97 Å². The number of aryl methyl sites for hydroxylation is 1. The number of methoxy groups -OCH3 is 1. The Hall–Kier alpha value is -2.56. The summed E-state index contributed by atoms with van der Waals surface area (Å²) in [7, 11) is 1.39. The van der Waals surface area contributed by atoms with Crippen LogP contribution in [0.4, 0.5) is 0 Å². The molecule has 0 amide bonds. The van der Waals surface area contributed by atoms with Gasteiger partial charge in [0, 0.05) is 24.0 Å². The maximum atomic E-state index is 12.4. The quantitative estimate of drug-likeness (QED) is 0.779. The number of nitrogens with zero attached hydrogens (tertiary/aromatic N) is 2. The highest BCUT2D eigenvalue weighted by Crippen LogP contribution is 2.54. The zero-order valence-electron chi connectivity index (χ0n) is 15.1. The summed E-state index contributed by atoms with van der Waals surface area (Å²) in [6.45, 7) is 2.04. The molecule has 0 radical (unpaired) electrons. The molecule has 0 spiro atoms. The molecular formula is C21H22N2O3. The Bertz CT molecular complexity index is 879. The van der Waals surface area contributed by atoms with Gasteiger partial charge in [-0.15, -0.1) is 0 Å². The van der Waals surface area contributed by atoms with Crippen molar-refractivity contribution >= 4 is 11.8 Å². The first-order chi connectivity index (χ1) is 12.6. The Kier molecular flexibility index (Phi) is 4.10. The molecule has 3 atom stereocenters. The van der Waals surface area contributed by atoms with E-state index in [9.17, 15) is 9.59 Å². The number of esters is 1. The number of hydrogen-bond acceptors (Lipinski definition) is 5. The third kappa shape index (κ3) is 2.37. The van der Waals surface area contributed by atoms with Crippen LogP contribution in [0.3, 0.4) is 0 Å². The van der Waals surface area contributed by atoms with Gasteiger partial charge in [-0.25, -0.2) is 14.8 Å². The van der Waals surface area contributed by atoms with Gasteiger partial charge in [-0.1, -0.05) is 19.1 Å². The summed E-state index contributed by atoms with van der Waals surface area (Å²) in [5, 5.41) is 0. The molecule has 0 aliphatic heterocycles. The normalized spacial score (nSPS) is 27.4. The maximum absolute atomic E-state index is 12.4. The van der Waals surface area contributed by atoms with Crippen molar-refractivity contribution in [3.05, 3.63) is 59.2 Å². The summed E-state index contributed by atoms with van der Waals surface area (Å²) in [5.74, 6) is 0.137. The molecule has 2 aromatic rings. The van der Waals surface area contributed by atoms with Crippen molar-refractivity contribution < 1.29 is 14.3 Å². The van der Waals surface area contributed by atoms with Crippen LogP contribution in [-0.2, 0) is 21.4 Å². The highest BCUT2D eigenvalue weighted by molar-refractivity contribution is 5.89. The van der Waals surface area contributed by atoms with Gasteiger partial charge in [-0.3, -0.25) is 4.79 Å². The van der Waals surface area contributed by atoms with Gasteiger partial charge in [0.15, 0.2) is 0 Å². The Morgan fingerprint density at radius 2 is 2.15 bits per heavy atom. The van der Waals surface area contributed by atoms with Crippen LogP contribution in [0.15, 0.2) is 36.8 Å². The van der Waals surface area contributed by atoms with Crippen molar-refractivity contribution in [2.75, 3.05) is 7.11 Å². The molecule has 134 valence electrons. The van der Waals surface area contributed by atoms with Crippen LogP contribution in [0.1, 0.15) is 53.4 Å². The zero-order valence-corrected chi connectivity index (χ0v) is 15.1. The van der Waals surface area contributed by atoms with E-state index in [2.05, 4.69) is 16.0 Å². The van der Waals surface area contributed by atoms with Gasteiger partial charge < -0.3 is 4.74 Å². The van der Waals surface area contributed by atoms with E-state index in [4.69, 9.17) is 4.74 Å². The van der Waals surface area contributed by atoms with Crippen LogP contribution in [0.2, 0.25) is 0 Å². The Morgan fingerprint density at radius 1 is 1.31 bits per heavy atom. The molecule has 1 fully saturated rings. The largest absolute Gasteiger partial charge is 0.465 e. The van der Waals surface area contributed by atoms with E-state index in [-0.39, 0.29) is 23.2 Å². The van der Waals surface area contributed by atoms with Crippen LogP contribution >= 0.6 is 0 Å². The molecule has 4 rings (SSSR count). The van der Waals surface area contributed by atoms with Gasteiger partial charge in [0.2, 0.25) is 0 Å². The fourth-order valence-electron chi connectivity index (χ4n) is 4.97. The third-order valence-corrected chi connectivity index (χ3v) is 6.24. The van der Waals surface area contributed by atoms with Crippen LogP contribution in [0.25, 0.3) is 0 Å². The second-order valence-corrected chi connectivity index (χ2v) is 7.34. The van der Waals surface area contributed by atoms with E-state index in [1.807, 2.05) is 25.3 Å². The van der Waals surface area contributed by atoms with Crippen molar-refractivity contribution in [2.45, 2.75) is 38.0 Å². The first kappa shape index (κ1) is 16.9. The lowest BCUT2D eigenvalue weighted by atomic mass is 9.53. The molecule has 5 heteroatoms. The molecule has 0 bridgehead atoms. The van der Waals surface area contributed by atoms with Crippen LogP contribution in [0.5, 0.6) is 0 Å². The minimum Gasteiger partial charge on any atom is -0.465 e. The highest BCUT2D eigenvalue weighted by Gasteiger charge is 2.52. The molecule has 0 saturated heterocycles. The minimum atomic E-state index is -0.353. The lowest BCUT2D eigenvalue weighted by Gasteiger charge is -2.50. The Labute approximate surface area is 152 Å². The lowest BCUT2D eigenvalue weighted by Crippen LogP contribution is -2.50. The maximum Gasteiger partial charge on any atom is 0.337 e. The number of hydrogen-bond donors (Lipinski definition) is 0. The summed E-state index contributed by atoms with van der Waals surface area (Å²) in [6.07, 6.45) is 6.55. The monoisotopic (exact) mass is 350 g/mol. The summed E-state index contributed by atoms with van der Waals surface area (Å²) in [5.41, 5.74) is 3.39. The van der Waals surface area contributed by atoms with E-state index < -0.39 is 0 Å². The van der Waals surface area contributed by atoms with Gasteiger partial charge in [0.25, 0.3) is 0 Å². The predicted octanol–water partition coefficient (Wildman–Crippen LogP) is 3.11. The fraction of sp³-hybridized carbons (Fsp3) is 0.429. The van der Waals surface area contributed by atoms with E-state index in [1.165, 1.54) is 7.11 Å². The molecule has 2 aliphatic rings. The first-order valence-electron chi connectivity index (χ1n) is 9.09. The number of carbonyl (C=O) groups is 2. The number of Topliss-reactive ketones (excluding diaryl/α,β-unsaturated/α-hetero) is 1. The molecule has 1 aromatic carbocycles. The molecule has 0 N–H and O–H groups in total. The number of fused-ring (bicyclic) bond motifs is 3. The van der Waals surface area contributed by atoms with Crippen LogP contribution < -0.4 is 0 Å². The second kappa shape index (κ2) is 6.31. The number of ketones is 1. The van der Waals surface area contributed by atoms with Crippen LogP contribution in [-0.4, -0.2) is 28.8 Å². The Morgan fingerprint density at radius 3 is 2.96 bits per heavy atom. The average molecular weight is 350 g/mol.